The minimum absolute atomic E-state index is 0.0860. The second-order valence-corrected chi connectivity index (χ2v) is 7.07. The zero-order chi connectivity index (χ0) is 15.5. The fourth-order valence-corrected chi connectivity index (χ4v) is 2.30. The molecule has 0 radical (unpaired) electrons. The van der Waals surface area contributed by atoms with Gasteiger partial charge in [0, 0.05) is 7.11 Å². The predicted molar refractivity (Wildman–Crippen MR) is 80.0 cm³/mol. The highest BCUT2D eigenvalue weighted by Gasteiger charge is 2.17. The maximum absolute atomic E-state index is 11.4. The molecular weight excluding hydrogens is 317 g/mol. The molecule has 116 valence electrons. The van der Waals surface area contributed by atoms with Crippen LogP contribution in [0.5, 0.6) is 0 Å². The van der Waals surface area contributed by atoms with E-state index in [-0.39, 0.29) is 19.4 Å². The summed E-state index contributed by atoms with van der Waals surface area (Å²) in [4.78, 5) is 12.1. The molecule has 2 atom stereocenters. The molecule has 2 aromatic heterocycles. The zero-order valence-electron chi connectivity index (χ0n) is 11.5. The summed E-state index contributed by atoms with van der Waals surface area (Å²) in [7, 11) is 1.26. The van der Waals surface area contributed by atoms with E-state index in [4.69, 9.17) is 15.0 Å². The molecule has 1 unspecified atom stereocenters. The third-order valence-corrected chi connectivity index (χ3v) is 4.51. The Morgan fingerprint density at radius 1 is 1.43 bits per heavy atom. The number of nitrogens with zero attached hydrogens (tertiary/aromatic N) is 4. The molecule has 2 heterocycles. The highest BCUT2D eigenvalue weighted by molar-refractivity contribution is 8.44. The predicted octanol–water partition coefficient (Wildman–Crippen LogP) is 1.64. The largest absolute Gasteiger partial charge is 0.385 e. The molecule has 0 aliphatic rings. The van der Waals surface area contributed by atoms with E-state index in [1.54, 1.807) is 10.9 Å². The Hall–Kier alpha value is -1.19. The van der Waals surface area contributed by atoms with Crippen molar-refractivity contribution in [1.82, 2.24) is 19.5 Å². The SMILES string of the molecule is COP(=O)(S)OCCO[C@H](C)n1cnc2c(N)ncnc21. The number of nitrogen functional groups attached to an aromatic ring is 1. The number of aromatic nitrogens is 4. The highest BCUT2D eigenvalue weighted by atomic mass is 32.7. The van der Waals surface area contributed by atoms with E-state index < -0.39 is 6.80 Å². The van der Waals surface area contributed by atoms with Crippen molar-refractivity contribution in [3.63, 3.8) is 0 Å². The summed E-state index contributed by atoms with van der Waals surface area (Å²) in [5.41, 5.74) is 6.81. The summed E-state index contributed by atoms with van der Waals surface area (Å²) in [6, 6.07) is 0. The number of ether oxygens (including phenoxy) is 1. The van der Waals surface area contributed by atoms with Crippen molar-refractivity contribution in [3.05, 3.63) is 12.7 Å². The quantitative estimate of drug-likeness (QED) is 0.446. The molecule has 0 aromatic carbocycles. The molecule has 0 aliphatic heterocycles. The lowest BCUT2D eigenvalue weighted by atomic mass is 10.5. The fourth-order valence-electron chi connectivity index (χ4n) is 1.64. The van der Waals surface area contributed by atoms with Crippen LogP contribution in [0.25, 0.3) is 11.2 Å². The summed E-state index contributed by atoms with van der Waals surface area (Å²) in [5, 5.41) is 0. The van der Waals surface area contributed by atoms with E-state index in [0.29, 0.717) is 17.0 Å². The van der Waals surface area contributed by atoms with Crippen molar-refractivity contribution in [3.8, 4) is 0 Å². The first-order valence-corrected chi connectivity index (χ1v) is 8.72. The average molecular weight is 333 g/mol. The van der Waals surface area contributed by atoms with Crippen LogP contribution in [0.1, 0.15) is 13.2 Å². The lowest BCUT2D eigenvalue weighted by molar-refractivity contribution is 0.00209. The number of hydrogen-bond acceptors (Lipinski definition) is 8. The van der Waals surface area contributed by atoms with Crippen molar-refractivity contribution in [2.45, 2.75) is 13.2 Å². The van der Waals surface area contributed by atoms with E-state index in [2.05, 4.69) is 31.7 Å². The fraction of sp³-hybridized carbons (Fsp3) is 0.500. The highest BCUT2D eigenvalue weighted by Crippen LogP contribution is 2.51. The van der Waals surface area contributed by atoms with Gasteiger partial charge in [-0.3, -0.25) is 9.09 Å². The van der Waals surface area contributed by atoms with Gasteiger partial charge in [-0.25, -0.2) is 19.5 Å². The van der Waals surface area contributed by atoms with Crippen LogP contribution >= 0.6 is 19.0 Å². The van der Waals surface area contributed by atoms with Crippen molar-refractivity contribution >= 4 is 36.0 Å². The van der Waals surface area contributed by atoms with Crippen LogP contribution in [0.4, 0.5) is 5.82 Å². The van der Waals surface area contributed by atoms with Gasteiger partial charge in [0.15, 0.2) is 11.5 Å². The van der Waals surface area contributed by atoms with Crippen molar-refractivity contribution in [2.75, 3.05) is 26.1 Å². The van der Waals surface area contributed by atoms with Crippen LogP contribution in [-0.4, -0.2) is 39.8 Å². The van der Waals surface area contributed by atoms with E-state index in [1.807, 2.05) is 6.92 Å². The van der Waals surface area contributed by atoms with Crippen molar-refractivity contribution < 1.29 is 18.3 Å². The Morgan fingerprint density at radius 2 is 2.19 bits per heavy atom. The number of imidazole rings is 1. The molecule has 0 saturated carbocycles. The van der Waals surface area contributed by atoms with Gasteiger partial charge in [0.1, 0.15) is 18.1 Å². The van der Waals surface area contributed by atoms with Gasteiger partial charge in [0.05, 0.1) is 19.5 Å². The third kappa shape index (κ3) is 3.92. The van der Waals surface area contributed by atoms with Crippen LogP contribution < -0.4 is 5.73 Å². The number of thiol groups is 1. The average Bonchev–Trinajstić information content (AvgIpc) is 2.89. The Kier molecular flexibility index (Phi) is 5.17. The van der Waals surface area contributed by atoms with Crippen LogP contribution in [0.3, 0.4) is 0 Å². The van der Waals surface area contributed by atoms with Crippen molar-refractivity contribution in [2.24, 2.45) is 0 Å². The second kappa shape index (κ2) is 6.71. The Balaban J connectivity index is 1.95. The molecule has 0 spiro atoms. The first kappa shape index (κ1) is 16.2. The minimum Gasteiger partial charge on any atom is -0.382 e. The smallest absolute Gasteiger partial charge is 0.382 e. The molecular formula is C10H16N5O4PS. The van der Waals surface area contributed by atoms with Gasteiger partial charge in [-0.1, -0.05) is 12.2 Å². The molecule has 2 rings (SSSR count). The monoisotopic (exact) mass is 333 g/mol. The van der Waals surface area contributed by atoms with Gasteiger partial charge >= 0.3 is 6.80 Å². The summed E-state index contributed by atoms with van der Waals surface area (Å²) >= 11 is 3.74. The molecule has 0 bridgehead atoms. The van der Waals surface area contributed by atoms with Gasteiger partial charge in [0.2, 0.25) is 0 Å². The molecule has 11 heteroatoms. The molecule has 9 nitrogen and oxygen atoms in total. The lowest BCUT2D eigenvalue weighted by Crippen LogP contribution is -2.12. The number of rotatable bonds is 7. The van der Waals surface area contributed by atoms with Crippen molar-refractivity contribution in [1.29, 1.82) is 0 Å². The minimum atomic E-state index is -3.28. The molecule has 0 fully saturated rings. The van der Waals surface area contributed by atoms with E-state index in [0.717, 1.165) is 0 Å². The second-order valence-electron chi connectivity index (χ2n) is 4.04. The Morgan fingerprint density at radius 3 is 2.90 bits per heavy atom. The third-order valence-electron chi connectivity index (χ3n) is 2.71. The maximum Gasteiger partial charge on any atom is 0.385 e. The normalized spacial score (nSPS) is 16.0. The molecule has 0 aliphatic carbocycles. The topological polar surface area (TPSA) is 114 Å². The number of anilines is 1. The summed E-state index contributed by atoms with van der Waals surface area (Å²) < 4.78 is 28.2. The van der Waals surface area contributed by atoms with E-state index in [9.17, 15) is 4.57 Å². The Labute approximate surface area is 126 Å². The summed E-state index contributed by atoms with van der Waals surface area (Å²) in [6.45, 7) is -1.18. The number of hydrogen-bond donors (Lipinski definition) is 2. The van der Waals surface area contributed by atoms with Crippen LogP contribution in [0, 0.1) is 0 Å². The van der Waals surface area contributed by atoms with E-state index in [1.165, 1.54) is 13.4 Å². The molecule has 0 saturated heterocycles. The standard InChI is InChI=1S/C10H16N5O4PS/c1-7(18-3-4-19-20(16,21)17-2)15-6-14-8-9(11)12-5-13-10(8)15/h5-7H,3-4H2,1-2H3,(H,16,21)(H2,11,12,13)/t7-,20?/m1/s1. The first-order chi connectivity index (χ1) is 9.94. The van der Waals surface area contributed by atoms with Gasteiger partial charge in [-0.2, -0.15) is 0 Å². The Bertz CT molecular complexity index is 666. The molecule has 2 N–H and O–H groups in total. The molecule has 0 amide bonds. The summed E-state index contributed by atoms with van der Waals surface area (Å²) in [5.74, 6) is 0.311. The zero-order valence-corrected chi connectivity index (χ0v) is 13.3. The number of nitrogens with two attached hydrogens (primary N) is 1. The van der Waals surface area contributed by atoms with Crippen LogP contribution in [-0.2, 0) is 18.3 Å². The van der Waals surface area contributed by atoms with Gasteiger partial charge in [-0.15, -0.1) is 0 Å². The lowest BCUT2D eigenvalue weighted by Gasteiger charge is -2.16. The van der Waals surface area contributed by atoms with Gasteiger partial charge in [-0.05, 0) is 6.92 Å². The van der Waals surface area contributed by atoms with Gasteiger partial charge < -0.3 is 15.0 Å². The first-order valence-electron chi connectivity index (χ1n) is 6.02. The number of fused-ring (bicyclic) bond motifs is 1. The van der Waals surface area contributed by atoms with E-state index >= 15 is 0 Å². The maximum atomic E-state index is 11.4. The van der Waals surface area contributed by atoms with Gasteiger partial charge in [0.25, 0.3) is 0 Å². The van der Waals surface area contributed by atoms with Crippen LogP contribution in [0.15, 0.2) is 12.7 Å². The molecule has 2 aromatic rings. The van der Waals surface area contributed by atoms with Crippen LogP contribution in [0.2, 0.25) is 0 Å². The summed E-state index contributed by atoms with van der Waals surface area (Å²) in [6.07, 6.45) is 2.58. The molecule has 21 heavy (non-hydrogen) atoms.